The van der Waals surface area contributed by atoms with E-state index in [-0.39, 0.29) is 5.78 Å². The highest BCUT2D eigenvalue weighted by molar-refractivity contribution is 6.10. The summed E-state index contributed by atoms with van der Waals surface area (Å²) in [4.78, 5) is 11.6. The summed E-state index contributed by atoms with van der Waals surface area (Å²) in [6, 6.07) is 14.6. The van der Waals surface area contributed by atoms with Gasteiger partial charge in [-0.05, 0) is 49.9 Å². The van der Waals surface area contributed by atoms with Crippen LogP contribution in [-0.2, 0) is 6.54 Å². The van der Waals surface area contributed by atoms with Crippen LogP contribution < -0.4 is 0 Å². The van der Waals surface area contributed by atoms with Crippen molar-refractivity contribution < 1.29 is 4.79 Å². The minimum atomic E-state index is 0.130. The van der Waals surface area contributed by atoms with Gasteiger partial charge < -0.3 is 4.57 Å². The van der Waals surface area contributed by atoms with Crippen molar-refractivity contribution in [3.05, 3.63) is 48.0 Å². The van der Waals surface area contributed by atoms with E-state index in [0.29, 0.717) is 0 Å². The zero-order chi connectivity index (χ0) is 13.7. The number of fused-ring (bicyclic) bond motifs is 3. The number of hydrogen-bond acceptors (Lipinski definition) is 1. The molecule has 1 saturated carbocycles. The summed E-state index contributed by atoms with van der Waals surface area (Å²) < 4.78 is 2.42. The van der Waals surface area contributed by atoms with Crippen molar-refractivity contribution in [3.63, 3.8) is 0 Å². The van der Waals surface area contributed by atoms with Crippen LogP contribution in [0.25, 0.3) is 21.8 Å². The number of benzene rings is 2. The van der Waals surface area contributed by atoms with Gasteiger partial charge in [-0.25, -0.2) is 0 Å². The molecule has 1 heterocycles. The number of Topliss-reactive ketones (excluding diaryl/α,β-unsaturated/α-hetero) is 1. The Morgan fingerprint density at radius 1 is 1.10 bits per heavy atom. The van der Waals surface area contributed by atoms with Gasteiger partial charge in [-0.1, -0.05) is 18.2 Å². The van der Waals surface area contributed by atoms with Gasteiger partial charge in [0.25, 0.3) is 0 Å². The van der Waals surface area contributed by atoms with Crippen LogP contribution in [0.2, 0.25) is 0 Å². The van der Waals surface area contributed by atoms with Gasteiger partial charge >= 0.3 is 0 Å². The van der Waals surface area contributed by atoms with Crippen molar-refractivity contribution in [2.24, 2.45) is 5.92 Å². The number of hydrogen-bond donors (Lipinski definition) is 0. The maximum absolute atomic E-state index is 11.6. The van der Waals surface area contributed by atoms with E-state index in [1.807, 2.05) is 12.1 Å². The third-order valence-electron chi connectivity index (χ3n) is 4.32. The molecule has 4 rings (SSSR count). The minimum Gasteiger partial charge on any atom is -0.340 e. The van der Waals surface area contributed by atoms with Gasteiger partial charge in [0.15, 0.2) is 5.78 Å². The first-order chi connectivity index (χ1) is 9.74. The number of rotatable bonds is 3. The molecule has 1 aliphatic rings. The Labute approximate surface area is 118 Å². The van der Waals surface area contributed by atoms with E-state index in [9.17, 15) is 4.79 Å². The maximum Gasteiger partial charge on any atom is 0.159 e. The second-order valence-corrected chi connectivity index (χ2v) is 5.86. The molecule has 1 fully saturated rings. The summed E-state index contributed by atoms with van der Waals surface area (Å²) in [5, 5.41) is 2.46. The fraction of sp³-hybridized carbons (Fsp3) is 0.278. The molecule has 0 bridgehead atoms. The lowest BCUT2D eigenvalue weighted by Crippen LogP contribution is -1.99. The first-order valence-corrected chi connectivity index (χ1v) is 7.26. The summed E-state index contributed by atoms with van der Waals surface area (Å²) in [7, 11) is 0. The zero-order valence-corrected chi connectivity index (χ0v) is 11.6. The number of carbonyl (C=O) groups excluding carboxylic acids is 1. The third-order valence-corrected chi connectivity index (χ3v) is 4.32. The number of aromatic nitrogens is 1. The lowest BCUT2D eigenvalue weighted by Gasteiger charge is -2.06. The summed E-state index contributed by atoms with van der Waals surface area (Å²) in [5.74, 6) is 0.965. The molecule has 0 amide bonds. The van der Waals surface area contributed by atoms with Crippen molar-refractivity contribution in [1.29, 1.82) is 0 Å². The van der Waals surface area contributed by atoms with Crippen molar-refractivity contribution in [3.8, 4) is 0 Å². The summed E-state index contributed by atoms with van der Waals surface area (Å²) in [6.45, 7) is 2.73. The lowest BCUT2D eigenvalue weighted by atomic mass is 10.1. The van der Waals surface area contributed by atoms with E-state index in [1.165, 1.54) is 34.6 Å². The Bertz CT molecular complexity index is 824. The first kappa shape index (κ1) is 11.7. The lowest BCUT2D eigenvalue weighted by molar-refractivity contribution is 0.101. The molecule has 0 N–H and O–H groups in total. The Morgan fingerprint density at radius 3 is 2.60 bits per heavy atom. The molecule has 0 radical (unpaired) electrons. The van der Waals surface area contributed by atoms with Crippen molar-refractivity contribution in [2.45, 2.75) is 26.3 Å². The van der Waals surface area contributed by atoms with E-state index in [0.717, 1.165) is 18.0 Å². The highest BCUT2D eigenvalue weighted by Crippen LogP contribution is 2.36. The predicted molar refractivity (Wildman–Crippen MR) is 82.2 cm³/mol. The monoisotopic (exact) mass is 263 g/mol. The van der Waals surface area contributed by atoms with Crippen LogP contribution in [0, 0.1) is 5.92 Å². The molecule has 0 spiro atoms. The second-order valence-electron chi connectivity index (χ2n) is 5.86. The van der Waals surface area contributed by atoms with E-state index < -0.39 is 0 Å². The summed E-state index contributed by atoms with van der Waals surface area (Å²) in [5.41, 5.74) is 3.34. The molecule has 0 atom stereocenters. The predicted octanol–water partition coefficient (Wildman–Crippen LogP) is 4.41. The van der Waals surface area contributed by atoms with Crippen molar-refractivity contribution in [2.75, 3.05) is 0 Å². The molecule has 1 aliphatic carbocycles. The highest BCUT2D eigenvalue weighted by Gasteiger charge is 2.23. The van der Waals surface area contributed by atoms with Crippen molar-refractivity contribution in [1.82, 2.24) is 4.57 Å². The minimum absolute atomic E-state index is 0.130. The SMILES string of the molecule is CC(=O)c1ccc2c(c1)c1ccccc1n2CC1CC1. The quantitative estimate of drug-likeness (QED) is 0.642. The fourth-order valence-electron chi connectivity index (χ4n) is 3.03. The zero-order valence-electron chi connectivity index (χ0n) is 11.6. The molecule has 2 nitrogen and oxygen atoms in total. The second kappa shape index (κ2) is 4.20. The van der Waals surface area contributed by atoms with E-state index in [1.54, 1.807) is 6.92 Å². The molecule has 100 valence electrons. The number of nitrogens with zero attached hydrogens (tertiary/aromatic N) is 1. The van der Waals surface area contributed by atoms with Crippen molar-refractivity contribution >= 4 is 27.6 Å². The van der Waals surface area contributed by atoms with Crippen LogP contribution in [0.4, 0.5) is 0 Å². The Balaban J connectivity index is 2.04. The van der Waals surface area contributed by atoms with Crippen LogP contribution in [0.1, 0.15) is 30.1 Å². The van der Waals surface area contributed by atoms with Gasteiger partial charge in [0.05, 0.1) is 0 Å². The number of para-hydroxylation sites is 1. The third kappa shape index (κ3) is 1.75. The van der Waals surface area contributed by atoms with Crippen LogP contribution in [-0.4, -0.2) is 10.4 Å². The molecule has 2 aromatic carbocycles. The maximum atomic E-state index is 11.6. The summed E-state index contributed by atoms with van der Waals surface area (Å²) >= 11 is 0. The average Bonchev–Trinajstić information content (AvgIpc) is 3.23. The molecular formula is C18H17NO. The molecular weight excluding hydrogens is 246 g/mol. The Hall–Kier alpha value is -2.09. The van der Waals surface area contributed by atoms with Gasteiger partial charge in [0.1, 0.15) is 0 Å². The van der Waals surface area contributed by atoms with Crippen LogP contribution in [0.3, 0.4) is 0 Å². The number of carbonyl (C=O) groups is 1. The highest BCUT2D eigenvalue weighted by atomic mass is 16.1. The van der Waals surface area contributed by atoms with E-state index in [4.69, 9.17) is 0 Å². The molecule has 0 saturated heterocycles. The largest absolute Gasteiger partial charge is 0.340 e. The average molecular weight is 263 g/mol. The molecule has 3 aromatic rings. The van der Waals surface area contributed by atoms with Gasteiger partial charge in [-0.2, -0.15) is 0 Å². The molecule has 0 unspecified atom stereocenters. The smallest absolute Gasteiger partial charge is 0.159 e. The fourth-order valence-corrected chi connectivity index (χ4v) is 3.03. The van der Waals surface area contributed by atoms with Gasteiger partial charge in [0.2, 0.25) is 0 Å². The summed E-state index contributed by atoms with van der Waals surface area (Å²) in [6.07, 6.45) is 2.69. The van der Waals surface area contributed by atoms with Gasteiger partial charge in [0, 0.05) is 33.9 Å². The molecule has 2 heteroatoms. The number of ketones is 1. The van der Waals surface area contributed by atoms with Crippen LogP contribution in [0.15, 0.2) is 42.5 Å². The topological polar surface area (TPSA) is 22.0 Å². The van der Waals surface area contributed by atoms with E-state index >= 15 is 0 Å². The van der Waals surface area contributed by atoms with Gasteiger partial charge in [-0.3, -0.25) is 4.79 Å². The Kier molecular flexibility index (Phi) is 2.46. The van der Waals surface area contributed by atoms with Gasteiger partial charge in [-0.15, -0.1) is 0 Å². The first-order valence-electron chi connectivity index (χ1n) is 7.26. The standard InChI is InChI=1S/C18H17NO/c1-12(20)14-8-9-18-16(10-14)15-4-2-3-5-17(15)19(18)11-13-6-7-13/h2-5,8-10,13H,6-7,11H2,1H3. The van der Waals surface area contributed by atoms with E-state index in [2.05, 4.69) is 34.9 Å². The molecule has 0 aliphatic heterocycles. The molecule has 20 heavy (non-hydrogen) atoms. The van der Waals surface area contributed by atoms with Crippen LogP contribution in [0.5, 0.6) is 0 Å². The molecule has 1 aromatic heterocycles. The van der Waals surface area contributed by atoms with Crippen LogP contribution >= 0.6 is 0 Å². The Morgan fingerprint density at radius 2 is 1.85 bits per heavy atom. The normalized spacial score (nSPS) is 15.1.